The SMILES string of the molecule is O=C(O)[C@H]1CCCN1C(=O)Nc1c(F)cccc1Cl. The van der Waals surface area contributed by atoms with Crippen molar-refractivity contribution in [2.24, 2.45) is 0 Å². The number of carbonyl (C=O) groups is 2. The van der Waals surface area contributed by atoms with Gasteiger partial charge in [0.2, 0.25) is 0 Å². The van der Waals surface area contributed by atoms with Gasteiger partial charge < -0.3 is 15.3 Å². The summed E-state index contributed by atoms with van der Waals surface area (Å²) in [5, 5.41) is 11.4. The molecule has 5 nitrogen and oxygen atoms in total. The van der Waals surface area contributed by atoms with Crippen molar-refractivity contribution < 1.29 is 19.1 Å². The topological polar surface area (TPSA) is 69.6 Å². The number of hydrogen-bond acceptors (Lipinski definition) is 2. The van der Waals surface area contributed by atoms with Crippen molar-refractivity contribution in [1.82, 2.24) is 4.90 Å². The Balaban J connectivity index is 2.15. The summed E-state index contributed by atoms with van der Waals surface area (Å²) in [6.45, 7) is 0.328. The number of nitrogens with zero attached hydrogens (tertiary/aromatic N) is 1. The molecule has 0 bridgehead atoms. The predicted molar refractivity (Wildman–Crippen MR) is 67.8 cm³/mol. The van der Waals surface area contributed by atoms with Crippen LogP contribution in [0.1, 0.15) is 12.8 Å². The van der Waals surface area contributed by atoms with Gasteiger partial charge >= 0.3 is 12.0 Å². The molecule has 19 heavy (non-hydrogen) atoms. The Hall–Kier alpha value is -1.82. The molecule has 1 saturated heterocycles. The van der Waals surface area contributed by atoms with Gasteiger partial charge in [0, 0.05) is 6.54 Å². The van der Waals surface area contributed by atoms with Crippen LogP contribution in [-0.4, -0.2) is 34.6 Å². The van der Waals surface area contributed by atoms with E-state index in [2.05, 4.69) is 5.32 Å². The van der Waals surface area contributed by atoms with E-state index in [4.69, 9.17) is 16.7 Å². The zero-order chi connectivity index (χ0) is 14.0. The molecule has 1 aromatic rings. The largest absolute Gasteiger partial charge is 0.480 e. The number of aliphatic carboxylic acids is 1. The molecule has 102 valence electrons. The third-order valence-corrected chi connectivity index (χ3v) is 3.31. The Labute approximate surface area is 114 Å². The summed E-state index contributed by atoms with van der Waals surface area (Å²) in [6.07, 6.45) is 1.00. The lowest BCUT2D eigenvalue weighted by Crippen LogP contribution is -2.42. The van der Waals surface area contributed by atoms with E-state index in [9.17, 15) is 14.0 Å². The van der Waals surface area contributed by atoms with Gasteiger partial charge in [-0.05, 0) is 25.0 Å². The van der Waals surface area contributed by atoms with Crippen molar-refractivity contribution in [3.63, 3.8) is 0 Å². The number of likely N-dealkylation sites (tertiary alicyclic amines) is 1. The standard InChI is InChI=1S/C12H12ClFN2O3/c13-7-3-1-4-8(14)10(7)15-12(19)16-6-2-5-9(16)11(17)18/h1,3-4,9H,2,5-6H2,(H,15,19)(H,17,18)/t9-/m1/s1. The van der Waals surface area contributed by atoms with E-state index in [1.165, 1.54) is 23.1 Å². The second-order valence-corrected chi connectivity index (χ2v) is 4.62. The minimum atomic E-state index is -1.06. The highest BCUT2D eigenvalue weighted by Crippen LogP contribution is 2.26. The van der Waals surface area contributed by atoms with E-state index in [0.717, 1.165) is 0 Å². The van der Waals surface area contributed by atoms with Crippen LogP contribution >= 0.6 is 11.6 Å². The number of anilines is 1. The average molecular weight is 287 g/mol. The zero-order valence-corrected chi connectivity index (χ0v) is 10.7. The fourth-order valence-corrected chi connectivity index (χ4v) is 2.27. The minimum Gasteiger partial charge on any atom is -0.480 e. The summed E-state index contributed by atoms with van der Waals surface area (Å²) in [7, 11) is 0. The number of carboxylic acids is 1. The molecule has 0 radical (unpaired) electrons. The molecule has 1 atom stereocenters. The van der Waals surface area contributed by atoms with E-state index in [1.54, 1.807) is 0 Å². The first-order chi connectivity index (χ1) is 9.00. The van der Waals surface area contributed by atoms with Gasteiger partial charge in [0.25, 0.3) is 0 Å². The fraction of sp³-hybridized carbons (Fsp3) is 0.333. The number of rotatable bonds is 2. The summed E-state index contributed by atoms with van der Waals surface area (Å²) in [6, 6.07) is 2.50. The number of para-hydroxylation sites is 1. The van der Waals surface area contributed by atoms with Gasteiger partial charge in [0.05, 0.1) is 10.7 Å². The summed E-state index contributed by atoms with van der Waals surface area (Å²) in [4.78, 5) is 24.1. The lowest BCUT2D eigenvalue weighted by molar-refractivity contribution is -0.141. The molecule has 2 rings (SSSR count). The van der Waals surface area contributed by atoms with Gasteiger partial charge in [-0.2, -0.15) is 0 Å². The normalized spacial score (nSPS) is 18.4. The van der Waals surface area contributed by atoms with Crippen LogP contribution in [0.5, 0.6) is 0 Å². The lowest BCUT2D eigenvalue weighted by atomic mass is 10.2. The number of nitrogens with one attached hydrogen (secondary N) is 1. The van der Waals surface area contributed by atoms with Gasteiger partial charge in [0.15, 0.2) is 0 Å². The number of carbonyl (C=O) groups excluding carboxylic acids is 1. The molecule has 0 aromatic heterocycles. The first-order valence-electron chi connectivity index (χ1n) is 5.75. The van der Waals surface area contributed by atoms with Crippen molar-refractivity contribution in [2.75, 3.05) is 11.9 Å². The number of amides is 2. The van der Waals surface area contributed by atoms with Crippen LogP contribution in [0.4, 0.5) is 14.9 Å². The number of hydrogen-bond donors (Lipinski definition) is 2. The second-order valence-electron chi connectivity index (χ2n) is 4.22. The molecule has 0 spiro atoms. The Bertz CT molecular complexity index is 503. The van der Waals surface area contributed by atoms with Gasteiger partial charge in [-0.1, -0.05) is 17.7 Å². The third kappa shape index (κ3) is 2.78. The maximum absolute atomic E-state index is 13.5. The van der Waals surface area contributed by atoms with E-state index >= 15 is 0 Å². The van der Waals surface area contributed by atoms with Crippen molar-refractivity contribution in [2.45, 2.75) is 18.9 Å². The Kier molecular flexibility index (Phi) is 3.90. The molecule has 0 saturated carbocycles. The first-order valence-corrected chi connectivity index (χ1v) is 6.13. The number of halogens is 2. The van der Waals surface area contributed by atoms with Crippen molar-refractivity contribution in [1.29, 1.82) is 0 Å². The van der Waals surface area contributed by atoms with Crippen LogP contribution < -0.4 is 5.32 Å². The quantitative estimate of drug-likeness (QED) is 0.878. The summed E-state index contributed by atoms with van der Waals surface area (Å²) in [5.41, 5.74) is -0.134. The zero-order valence-electron chi connectivity index (χ0n) is 9.90. The fourth-order valence-electron chi connectivity index (χ4n) is 2.06. The maximum atomic E-state index is 13.5. The van der Waals surface area contributed by atoms with Crippen LogP contribution in [0.15, 0.2) is 18.2 Å². The Morgan fingerprint density at radius 2 is 2.21 bits per heavy atom. The highest BCUT2D eigenvalue weighted by molar-refractivity contribution is 6.33. The lowest BCUT2D eigenvalue weighted by Gasteiger charge is -2.22. The van der Waals surface area contributed by atoms with E-state index in [0.29, 0.717) is 19.4 Å². The number of carboxylic acid groups (broad SMARTS) is 1. The molecular weight excluding hydrogens is 275 g/mol. The molecule has 1 fully saturated rings. The molecule has 1 aliphatic rings. The Morgan fingerprint density at radius 1 is 1.47 bits per heavy atom. The maximum Gasteiger partial charge on any atom is 0.326 e. The van der Waals surface area contributed by atoms with Crippen LogP contribution in [0, 0.1) is 5.82 Å². The highest BCUT2D eigenvalue weighted by Gasteiger charge is 2.34. The van der Waals surface area contributed by atoms with E-state index < -0.39 is 23.9 Å². The summed E-state index contributed by atoms with van der Waals surface area (Å²) < 4.78 is 13.5. The van der Waals surface area contributed by atoms with Crippen LogP contribution in [-0.2, 0) is 4.79 Å². The third-order valence-electron chi connectivity index (χ3n) is 2.99. The average Bonchev–Trinajstić information content (AvgIpc) is 2.83. The van der Waals surface area contributed by atoms with Crippen LogP contribution in [0.3, 0.4) is 0 Å². The number of urea groups is 1. The molecule has 1 aromatic carbocycles. The van der Waals surface area contributed by atoms with Crippen LogP contribution in [0.25, 0.3) is 0 Å². The Morgan fingerprint density at radius 3 is 2.84 bits per heavy atom. The van der Waals surface area contributed by atoms with Crippen molar-refractivity contribution in [3.8, 4) is 0 Å². The molecule has 7 heteroatoms. The van der Waals surface area contributed by atoms with Crippen molar-refractivity contribution in [3.05, 3.63) is 29.0 Å². The molecule has 1 aliphatic heterocycles. The molecule has 0 aliphatic carbocycles. The first kappa shape index (κ1) is 13.6. The van der Waals surface area contributed by atoms with Crippen molar-refractivity contribution >= 4 is 29.3 Å². The smallest absolute Gasteiger partial charge is 0.326 e. The van der Waals surface area contributed by atoms with Crippen LogP contribution in [0.2, 0.25) is 5.02 Å². The van der Waals surface area contributed by atoms with E-state index in [1.807, 2.05) is 0 Å². The van der Waals surface area contributed by atoms with Gasteiger partial charge in [0.1, 0.15) is 11.9 Å². The minimum absolute atomic E-state index is 0.0689. The van der Waals surface area contributed by atoms with E-state index in [-0.39, 0.29) is 10.7 Å². The molecule has 2 amide bonds. The molecule has 1 heterocycles. The molecular formula is C12H12ClFN2O3. The predicted octanol–water partition coefficient (Wildman–Crippen LogP) is 2.56. The van der Waals surface area contributed by atoms with Gasteiger partial charge in [-0.15, -0.1) is 0 Å². The monoisotopic (exact) mass is 286 g/mol. The number of benzene rings is 1. The molecule has 2 N–H and O–H groups in total. The molecule has 0 unspecified atom stereocenters. The van der Waals surface area contributed by atoms with Gasteiger partial charge in [-0.3, -0.25) is 0 Å². The second kappa shape index (κ2) is 5.44. The highest BCUT2D eigenvalue weighted by atomic mass is 35.5. The van der Waals surface area contributed by atoms with Gasteiger partial charge in [-0.25, -0.2) is 14.0 Å². The summed E-state index contributed by atoms with van der Waals surface area (Å²) >= 11 is 5.79. The summed E-state index contributed by atoms with van der Waals surface area (Å²) in [5.74, 6) is -1.72.